The first-order valence-corrected chi connectivity index (χ1v) is 5.61. The number of rotatable bonds is 2. The molecule has 2 aliphatic rings. The van der Waals surface area contributed by atoms with Crippen LogP contribution in [0.5, 0.6) is 0 Å². The maximum Gasteiger partial charge on any atom is 0.220 e. The maximum absolute atomic E-state index is 11.2. The van der Waals surface area contributed by atoms with Gasteiger partial charge < -0.3 is 10.6 Å². The number of carbonyl (C=O) groups excluding carboxylic acids is 2. The van der Waals surface area contributed by atoms with Crippen molar-refractivity contribution < 1.29 is 9.59 Å². The van der Waals surface area contributed by atoms with E-state index in [9.17, 15) is 9.59 Å². The fourth-order valence-corrected chi connectivity index (χ4v) is 3.02. The Bertz CT molecular complexity index is 290. The molecule has 1 saturated heterocycles. The third kappa shape index (κ3) is 1.98. The molecule has 0 radical (unpaired) electrons. The highest BCUT2D eigenvalue weighted by atomic mass is 16.2. The zero-order chi connectivity index (χ0) is 11.0. The van der Waals surface area contributed by atoms with Gasteiger partial charge in [-0.15, -0.1) is 0 Å². The van der Waals surface area contributed by atoms with Gasteiger partial charge in [0.15, 0.2) is 0 Å². The molecule has 0 aromatic carbocycles. The molecular weight excluding hydrogens is 192 g/mol. The van der Waals surface area contributed by atoms with E-state index in [1.807, 2.05) is 0 Å². The lowest BCUT2D eigenvalue weighted by Crippen LogP contribution is -2.32. The molecule has 2 fully saturated rings. The standard InChI is InChI=1S/C11H18N2O2/c1-6-3-10-8(4-11(15)13-10)9(6)5-12-7(2)14/h6,8-10H,3-5H2,1-2H3,(H,12,14)(H,13,15)/t6-,8-,9+,10+/m0/s1. The first-order valence-electron chi connectivity index (χ1n) is 5.61. The number of hydrogen-bond acceptors (Lipinski definition) is 2. The minimum Gasteiger partial charge on any atom is -0.356 e. The fraction of sp³-hybridized carbons (Fsp3) is 0.818. The van der Waals surface area contributed by atoms with Crippen molar-refractivity contribution in [2.24, 2.45) is 17.8 Å². The van der Waals surface area contributed by atoms with Crippen molar-refractivity contribution in [3.05, 3.63) is 0 Å². The quantitative estimate of drug-likeness (QED) is 0.688. The van der Waals surface area contributed by atoms with Crippen LogP contribution in [0, 0.1) is 17.8 Å². The van der Waals surface area contributed by atoms with Crippen LogP contribution in [0.1, 0.15) is 26.7 Å². The highest BCUT2D eigenvalue weighted by Gasteiger charge is 2.46. The summed E-state index contributed by atoms with van der Waals surface area (Å²) in [5, 5.41) is 5.88. The predicted molar refractivity (Wildman–Crippen MR) is 56.0 cm³/mol. The van der Waals surface area contributed by atoms with E-state index in [1.165, 1.54) is 6.92 Å². The summed E-state index contributed by atoms with van der Waals surface area (Å²) >= 11 is 0. The topological polar surface area (TPSA) is 58.2 Å². The van der Waals surface area contributed by atoms with Crippen LogP contribution in [-0.4, -0.2) is 24.4 Å². The van der Waals surface area contributed by atoms with Gasteiger partial charge in [0.05, 0.1) is 0 Å². The van der Waals surface area contributed by atoms with Crippen molar-refractivity contribution in [1.29, 1.82) is 0 Å². The van der Waals surface area contributed by atoms with E-state index in [0.717, 1.165) is 6.42 Å². The molecule has 0 aromatic heterocycles. The van der Waals surface area contributed by atoms with Gasteiger partial charge in [-0.25, -0.2) is 0 Å². The van der Waals surface area contributed by atoms with Gasteiger partial charge in [0, 0.05) is 25.9 Å². The summed E-state index contributed by atoms with van der Waals surface area (Å²) in [6, 6.07) is 0.353. The maximum atomic E-state index is 11.2. The first-order chi connectivity index (χ1) is 7.08. The average Bonchev–Trinajstić information content (AvgIpc) is 2.57. The van der Waals surface area contributed by atoms with Gasteiger partial charge in [-0.2, -0.15) is 0 Å². The van der Waals surface area contributed by atoms with Crippen molar-refractivity contribution in [3.8, 4) is 0 Å². The van der Waals surface area contributed by atoms with E-state index in [-0.39, 0.29) is 11.8 Å². The molecule has 4 atom stereocenters. The van der Waals surface area contributed by atoms with E-state index in [0.29, 0.717) is 36.8 Å². The Morgan fingerprint density at radius 2 is 2.33 bits per heavy atom. The normalized spacial score (nSPS) is 38.7. The Labute approximate surface area is 89.8 Å². The molecule has 0 bridgehead atoms. The van der Waals surface area contributed by atoms with Crippen LogP contribution < -0.4 is 10.6 Å². The lowest BCUT2D eigenvalue weighted by atomic mass is 9.88. The third-order valence-electron chi connectivity index (χ3n) is 3.78. The summed E-state index contributed by atoms with van der Waals surface area (Å²) in [6.07, 6.45) is 1.69. The number of nitrogens with one attached hydrogen (secondary N) is 2. The van der Waals surface area contributed by atoms with Crippen LogP contribution in [0.25, 0.3) is 0 Å². The highest BCUT2D eigenvalue weighted by Crippen LogP contribution is 2.41. The number of amides is 2. The van der Waals surface area contributed by atoms with Crippen LogP contribution in [0.2, 0.25) is 0 Å². The molecule has 2 N–H and O–H groups in total. The Morgan fingerprint density at radius 3 is 3.00 bits per heavy atom. The fourth-order valence-electron chi connectivity index (χ4n) is 3.02. The van der Waals surface area contributed by atoms with Crippen molar-refractivity contribution in [1.82, 2.24) is 10.6 Å². The van der Waals surface area contributed by atoms with Crippen LogP contribution in [0.15, 0.2) is 0 Å². The smallest absolute Gasteiger partial charge is 0.220 e. The summed E-state index contributed by atoms with van der Waals surface area (Å²) in [4.78, 5) is 22.1. The van der Waals surface area contributed by atoms with Crippen LogP contribution >= 0.6 is 0 Å². The van der Waals surface area contributed by atoms with E-state index >= 15 is 0 Å². The Morgan fingerprint density at radius 1 is 1.60 bits per heavy atom. The number of fused-ring (bicyclic) bond motifs is 1. The summed E-state index contributed by atoms with van der Waals surface area (Å²) in [7, 11) is 0. The average molecular weight is 210 g/mol. The zero-order valence-electron chi connectivity index (χ0n) is 9.25. The molecule has 0 aromatic rings. The van der Waals surface area contributed by atoms with Gasteiger partial charge in [0.2, 0.25) is 11.8 Å². The van der Waals surface area contributed by atoms with Crippen molar-refractivity contribution in [2.75, 3.05) is 6.54 Å². The molecule has 4 heteroatoms. The second kappa shape index (κ2) is 3.83. The predicted octanol–water partition coefficient (Wildman–Crippen LogP) is 0.283. The largest absolute Gasteiger partial charge is 0.356 e. The number of carbonyl (C=O) groups is 2. The van der Waals surface area contributed by atoms with Crippen LogP contribution in [-0.2, 0) is 9.59 Å². The van der Waals surface area contributed by atoms with E-state index < -0.39 is 0 Å². The SMILES string of the molecule is CC(=O)NC[C@H]1[C@@H]2CC(=O)N[C@@H]2C[C@@H]1C. The van der Waals surface area contributed by atoms with Gasteiger partial charge in [-0.05, 0) is 24.2 Å². The molecule has 1 heterocycles. The highest BCUT2D eigenvalue weighted by molar-refractivity contribution is 5.79. The lowest BCUT2D eigenvalue weighted by molar-refractivity contribution is -0.119. The second-order valence-corrected chi connectivity index (χ2v) is 4.86. The molecule has 0 unspecified atom stereocenters. The first kappa shape index (κ1) is 10.5. The molecule has 1 aliphatic heterocycles. The molecule has 2 amide bonds. The third-order valence-corrected chi connectivity index (χ3v) is 3.78. The zero-order valence-corrected chi connectivity index (χ0v) is 9.25. The Balaban J connectivity index is 1.97. The molecule has 1 aliphatic carbocycles. The van der Waals surface area contributed by atoms with Gasteiger partial charge in [0.25, 0.3) is 0 Å². The number of hydrogen-bond donors (Lipinski definition) is 2. The Hall–Kier alpha value is -1.06. The molecule has 2 rings (SSSR count). The molecule has 84 valence electrons. The summed E-state index contributed by atoms with van der Waals surface area (Å²) in [5.41, 5.74) is 0. The summed E-state index contributed by atoms with van der Waals surface area (Å²) < 4.78 is 0. The van der Waals surface area contributed by atoms with Gasteiger partial charge in [-0.3, -0.25) is 9.59 Å². The Kier molecular flexibility index (Phi) is 2.67. The monoisotopic (exact) mass is 210 g/mol. The molecule has 4 nitrogen and oxygen atoms in total. The van der Waals surface area contributed by atoms with Crippen LogP contribution in [0.3, 0.4) is 0 Å². The van der Waals surface area contributed by atoms with Crippen molar-refractivity contribution in [2.45, 2.75) is 32.7 Å². The van der Waals surface area contributed by atoms with Gasteiger partial charge in [-0.1, -0.05) is 6.92 Å². The van der Waals surface area contributed by atoms with E-state index in [1.54, 1.807) is 0 Å². The van der Waals surface area contributed by atoms with Gasteiger partial charge >= 0.3 is 0 Å². The van der Waals surface area contributed by atoms with E-state index in [2.05, 4.69) is 17.6 Å². The summed E-state index contributed by atoms with van der Waals surface area (Å²) in [6.45, 7) is 4.46. The molecule has 0 spiro atoms. The van der Waals surface area contributed by atoms with Gasteiger partial charge in [0.1, 0.15) is 0 Å². The molecular formula is C11H18N2O2. The lowest BCUT2D eigenvalue weighted by Gasteiger charge is -2.20. The summed E-state index contributed by atoms with van der Waals surface area (Å²) in [5.74, 6) is 1.66. The molecule has 15 heavy (non-hydrogen) atoms. The minimum atomic E-state index is 0.0166. The minimum absolute atomic E-state index is 0.0166. The van der Waals surface area contributed by atoms with Crippen molar-refractivity contribution in [3.63, 3.8) is 0 Å². The second-order valence-electron chi connectivity index (χ2n) is 4.86. The van der Waals surface area contributed by atoms with E-state index in [4.69, 9.17) is 0 Å². The molecule has 1 saturated carbocycles. The van der Waals surface area contributed by atoms with Crippen molar-refractivity contribution >= 4 is 11.8 Å². The van der Waals surface area contributed by atoms with Crippen LogP contribution in [0.4, 0.5) is 0 Å².